The lowest BCUT2D eigenvalue weighted by atomic mass is 10.0. The maximum absolute atomic E-state index is 12.3. The summed E-state index contributed by atoms with van der Waals surface area (Å²) >= 11 is 1.69. The fourth-order valence-corrected chi connectivity index (χ4v) is 3.22. The summed E-state index contributed by atoms with van der Waals surface area (Å²) in [5, 5.41) is 0. The number of aryl methyl sites for hydroxylation is 1. The summed E-state index contributed by atoms with van der Waals surface area (Å²) in [5.74, 6) is 1.67. The van der Waals surface area contributed by atoms with Gasteiger partial charge in [-0.15, -0.1) is 11.8 Å². The minimum absolute atomic E-state index is 0.149. The molecule has 1 aliphatic heterocycles. The van der Waals surface area contributed by atoms with E-state index in [0.717, 1.165) is 16.2 Å². The Morgan fingerprint density at radius 1 is 1.20 bits per heavy atom. The lowest BCUT2D eigenvalue weighted by Crippen LogP contribution is -2.33. The van der Waals surface area contributed by atoms with E-state index < -0.39 is 0 Å². The molecule has 20 heavy (non-hydrogen) atoms. The van der Waals surface area contributed by atoms with E-state index in [9.17, 15) is 4.79 Å². The van der Waals surface area contributed by atoms with Crippen LogP contribution >= 0.6 is 11.8 Å². The van der Waals surface area contributed by atoms with Crippen molar-refractivity contribution in [3.8, 4) is 5.75 Å². The van der Waals surface area contributed by atoms with Gasteiger partial charge in [0, 0.05) is 17.1 Å². The number of thioether (sulfide) groups is 1. The first-order chi connectivity index (χ1) is 9.72. The Bertz CT molecular complexity index is 619. The molecule has 2 nitrogen and oxygen atoms in total. The van der Waals surface area contributed by atoms with Gasteiger partial charge in [0.25, 0.3) is 0 Å². The Kier molecular flexibility index (Phi) is 3.79. The second-order valence-electron chi connectivity index (χ2n) is 4.99. The SMILES string of the molecule is Cc1ccc(CC(=O)C2CSc3ccccc3O2)cc1. The molecule has 2 aromatic carbocycles. The van der Waals surface area contributed by atoms with E-state index in [1.54, 1.807) is 11.8 Å². The first-order valence-electron chi connectivity index (χ1n) is 6.69. The summed E-state index contributed by atoms with van der Waals surface area (Å²) in [6.07, 6.45) is 0.101. The van der Waals surface area contributed by atoms with Crippen LogP contribution in [0.1, 0.15) is 11.1 Å². The monoisotopic (exact) mass is 284 g/mol. The van der Waals surface area contributed by atoms with E-state index in [4.69, 9.17) is 4.74 Å². The Morgan fingerprint density at radius 3 is 2.75 bits per heavy atom. The van der Waals surface area contributed by atoms with Crippen molar-refractivity contribution < 1.29 is 9.53 Å². The number of benzene rings is 2. The van der Waals surface area contributed by atoms with Gasteiger partial charge in [-0.05, 0) is 24.6 Å². The highest BCUT2D eigenvalue weighted by Crippen LogP contribution is 2.35. The zero-order valence-electron chi connectivity index (χ0n) is 11.3. The predicted octanol–water partition coefficient (Wildman–Crippen LogP) is 3.66. The molecular formula is C17H16O2S. The third kappa shape index (κ3) is 2.88. The number of hydrogen-bond acceptors (Lipinski definition) is 3. The van der Waals surface area contributed by atoms with Crippen LogP contribution in [-0.4, -0.2) is 17.6 Å². The molecule has 3 heteroatoms. The molecule has 0 spiro atoms. The molecular weight excluding hydrogens is 268 g/mol. The van der Waals surface area contributed by atoms with E-state index in [0.29, 0.717) is 12.2 Å². The molecule has 1 unspecified atom stereocenters. The fraction of sp³-hybridized carbons (Fsp3) is 0.235. The van der Waals surface area contributed by atoms with E-state index in [2.05, 4.69) is 0 Å². The quantitative estimate of drug-likeness (QED) is 0.860. The minimum atomic E-state index is -0.337. The first-order valence-corrected chi connectivity index (χ1v) is 7.68. The van der Waals surface area contributed by atoms with Crippen molar-refractivity contribution in [2.24, 2.45) is 0 Å². The summed E-state index contributed by atoms with van der Waals surface area (Å²) in [4.78, 5) is 13.4. The molecule has 0 bridgehead atoms. The standard InChI is InChI=1S/C17H16O2S/c1-12-6-8-13(9-7-12)10-14(18)16-11-20-17-5-3-2-4-15(17)19-16/h2-9,16H,10-11H2,1H3. The van der Waals surface area contributed by atoms with Crippen LogP contribution in [0.2, 0.25) is 0 Å². The van der Waals surface area contributed by atoms with Gasteiger partial charge >= 0.3 is 0 Å². The molecule has 0 N–H and O–H groups in total. The molecule has 2 aromatic rings. The maximum atomic E-state index is 12.3. The Balaban J connectivity index is 1.68. The Labute approximate surface area is 123 Å². The molecule has 1 aliphatic rings. The van der Waals surface area contributed by atoms with Crippen LogP contribution in [0, 0.1) is 6.92 Å². The summed E-state index contributed by atoms with van der Waals surface area (Å²) in [7, 11) is 0. The average molecular weight is 284 g/mol. The van der Waals surface area contributed by atoms with Crippen molar-refractivity contribution in [3.05, 3.63) is 59.7 Å². The second-order valence-corrected chi connectivity index (χ2v) is 6.05. The largest absolute Gasteiger partial charge is 0.481 e. The smallest absolute Gasteiger partial charge is 0.178 e. The maximum Gasteiger partial charge on any atom is 0.178 e. The molecule has 1 heterocycles. The van der Waals surface area contributed by atoms with Gasteiger partial charge < -0.3 is 4.74 Å². The zero-order chi connectivity index (χ0) is 13.9. The summed E-state index contributed by atoms with van der Waals surface area (Å²) in [6, 6.07) is 16.0. The van der Waals surface area contributed by atoms with Crippen LogP contribution in [0.5, 0.6) is 5.75 Å². The van der Waals surface area contributed by atoms with Crippen LogP contribution in [0.3, 0.4) is 0 Å². The highest BCUT2D eigenvalue weighted by atomic mass is 32.2. The molecule has 0 aliphatic carbocycles. The van der Waals surface area contributed by atoms with Crippen molar-refractivity contribution in [2.45, 2.75) is 24.3 Å². The number of fused-ring (bicyclic) bond motifs is 1. The van der Waals surface area contributed by atoms with E-state index in [1.807, 2.05) is 55.5 Å². The Morgan fingerprint density at radius 2 is 1.95 bits per heavy atom. The van der Waals surface area contributed by atoms with Gasteiger partial charge in [-0.2, -0.15) is 0 Å². The molecule has 102 valence electrons. The van der Waals surface area contributed by atoms with Crippen LogP contribution in [0.25, 0.3) is 0 Å². The molecule has 0 fully saturated rings. The highest BCUT2D eigenvalue weighted by Gasteiger charge is 2.26. The number of ketones is 1. The first kappa shape index (κ1) is 13.3. The average Bonchev–Trinajstić information content (AvgIpc) is 2.49. The van der Waals surface area contributed by atoms with Crippen molar-refractivity contribution >= 4 is 17.5 Å². The predicted molar refractivity (Wildman–Crippen MR) is 81.5 cm³/mol. The van der Waals surface area contributed by atoms with E-state index in [-0.39, 0.29) is 11.9 Å². The second kappa shape index (κ2) is 5.71. The molecule has 0 aromatic heterocycles. The lowest BCUT2D eigenvalue weighted by Gasteiger charge is -2.24. The Hall–Kier alpha value is -1.74. The van der Waals surface area contributed by atoms with Gasteiger partial charge in [-0.3, -0.25) is 4.79 Å². The van der Waals surface area contributed by atoms with Gasteiger partial charge in [-0.1, -0.05) is 42.0 Å². The number of carbonyl (C=O) groups is 1. The topological polar surface area (TPSA) is 26.3 Å². The van der Waals surface area contributed by atoms with E-state index >= 15 is 0 Å². The molecule has 0 radical (unpaired) electrons. The minimum Gasteiger partial charge on any atom is -0.481 e. The van der Waals surface area contributed by atoms with Crippen LogP contribution in [-0.2, 0) is 11.2 Å². The summed E-state index contributed by atoms with van der Waals surface area (Å²) in [5.41, 5.74) is 2.26. The van der Waals surface area contributed by atoms with Gasteiger partial charge in [-0.25, -0.2) is 0 Å². The van der Waals surface area contributed by atoms with Gasteiger partial charge in [0.1, 0.15) is 5.75 Å². The molecule has 0 saturated heterocycles. The molecule has 0 amide bonds. The van der Waals surface area contributed by atoms with Crippen LogP contribution in [0.4, 0.5) is 0 Å². The number of para-hydroxylation sites is 1. The van der Waals surface area contributed by atoms with Crippen molar-refractivity contribution in [1.82, 2.24) is 0 Å². The van der Waals surface area contributed by atoms with Crippen LogP contribution < -0.4 is 4.74 Å². The van der Waals surface area contributed by atoms with Crippen LogP contribution in [0.15, 0.2) is 53.4 Å². The van der Waals surface area contributed by atoms with Crippen molar-refractivity contribution in [1.29, 1.82) is 0 Å². The molecule has 0 saturated carbocycles. The molecule has 3 rings (SSSR count). The van der Waals surface area contributed by atoms with E-state index in [1.165, 1.54) is 5.56 Å². The zero-order valence-corrected chi connectivity index (χ0v) is 12.2. The number of carbonyl (C=O) groups excluding carboxylic acids is 1. The van der Waals surface area contributed by atoms with Gasteiger partial charge in [0.2, 0.25) is 0 Å². The number of ether oxygens (including phenoxy) is 1. The third-order valence-electron chi connectivity index (χ3n) is 3.37. The number of Topliss-reactive ketones (excluding diaryl/α,β-unsaturated/α-hetero) is 1. The summed E-state index contributed by atoms with van der Waals surface area (Å²) < 4.78 is 5.82. The highest BCUT2D eigenvalue weighted by molar-refractivity contribution is 7.99. The van der Waals surface area contributed by atoms with Gasteiger partial charge in [0.05, 0.1) is 0 Å². The van der Waals surface area contributed by atoms with Gasteiger partial charge in [0.15, 0.2) is 11.9 Å². The lowest BCUT2D eigenvalue weighted by molar-refractivity contribution is -0.124. The number of hydrogen-bond donors (Lipinski definition) is 0. The summed E-state index contributed by atoms with van der Waals surface area (Å²) in [6.45, 7) is 2.05. The third-order valence-corrected chi connectivity index (χ3v) is 4.48. The number of rotatable bonds is 3. The fourth-order valence-electron chi connectivity index (χ4n) is 2.20. The van der Waals surface area contributed by atoms with Crippen molar-refractivity contribution in [2.75, 3.05) is 5.75 Å². The molecule has 1 atom stereocenters. The van der Waals surface area contributed by atoms with Crippen molar-refractivity contribution in [3.63, 3.8) is 0 Å². The normalized spacial score (nSPS) is 17.1.